The number of benzene rings is 1. The molecular weight excluding hydrogens is 278 g/mol. The van der Waals surface area contributed by atoms with Crippen LogP contribution in [0.4, 0.5) is 5.69 Å². The van der Waals surface area contributed by atoms with Gasteiger partial charge in [-0.3, -0.25) is 9.48 Å². The molecule has 0 saturated carbocycles. The largest absolute Gasteiger partial charge is 0.494 e. The second-order valence-corrected chi connectivity index (χ2v) is 4.61. The predicted molar refractivity (Wildman–Crippen MR) is 78.1 cm³/mol. The Kier molecular flexibility index (Phi) is 5.01. The first-order valence-electron chi connectivity index (χ1n) is 6.38. The predicted octanol–water partition coefficient (Wildman–Crippen LogP) is 2.96. The van der Waals surface area contributed by atoms with Gasteiger partial charge in [-0.2, -0.15) is 5.10 Å². The maximum atomic E-state index is 11.8. The standard InChI is InChI=1S/C14H16ClN3O2/c1-2-20-13-5-3-12(4-6-13)17-14(19)7-8-18-10-11(15)9-16-18/h3-6,9-10H,2,7-8H2,1H3,(H,17,19). The number of carbonyl (C=O) groups excluding carboxylic acids is 1. The van der Waals surface area contributed by atoms with Crippen LogP contribution in [0.1, 0.15) is 13.3 Å². The smallest absolute Gasteiger partial charge is 0.226 e. The lowest BCUT2D eigenvalue weighted by molar-refractivity contribution is -0.116. The fourth-order valence-corrected chi connectivity index (χ4v) is 1.86. The third-order valence-corrected chi connectivity index (χ3v) is 2.81. The van der Waals surface area contributed by atoms with Crippen molar-refractivity contribution in [3.63, 3.8) is 0 Å². The number of halogens is 1. The van der Waals surface area contributed by atoms with Gasteiger partial charge in [-0.15, -0.1) is 0 Å². The normalized spacial score (nSPS) is 10.3. The second-order valence-electron chi connectivity index (χ2n) is 4.18. The first kappa shape index (κ1) is 14.4. The van der Waals surface area contributed by atoms with Crippen LogP contribution in [0.15, 0.2) is 36.7 Å². The third kappa shape index (κ3) is 4.28. The number of nitrogens with zero attached hydrogens (tertiary/aromatic N) is 2. The van der Waals surface area contributed by atoms with Crippen LogP contribution in [-0.2, 0) is 11.3 Å². The molecule has 0 bridgehead atoms. The monoisotopic (exact) mass is 293 g/mol. The molecule has 0 saturated heterocycles. The molecule has 6 heteroatoms. The molecule has 1 heterocycles. The number of nitrogens with one attached hydrogen (secondary N) is 1. The van der Waals surface area contributed by atoms with Crippen molar-refractivity contribution in [1.29, 1.82) is 0 Å². The van der Waals surface area contributed by atoms with Crippen molar-refractivity contribution in [1.82, 2.24) is 9.78 Å². The lowest BCUT2D eigenvalue weighted by Gasteiger charge is -2.07. The molecule has 106 valence electrons. The van der Waals surface area contributed by atoms with Crippen LogP contribution in [0.3, 0.4) is 0 Å². The van der Waals surface area contributed by atoms with E-state index in [4.69, 9.17) is 16.3 Å². The Labute approximate surface area is 122 Å². The van der Waals surface area contributed by atoms with Gasteiger partial charge in [0.05, 0.1) is 17.8 Å². The summed E-state index contributed by atoms with van der Waals surface area (Å²) in [5.74, 6) is 0.720. The van der Waals surface area contributed by atoms with Gasteiger partial charge >= 0.3 is 0 Å². The highest BCUT2D eigenvalue weighted by atomic mass is 35.5. The van der Waals surface area contributed by atoms with E-state index in [-0.39, 0.29) is 5.91 Å². The van der Waals surface area contributed by atoms with Crippen molar-refractivity contribution in [3.8, 4) is 5.75 Å². The summed E-state index contributed by atoms with van der Waals surface area (Å²) in [6.07, 6.45) is 3.57. The Morgan fingerprint density at radius 2 is 2.15 bits per heavy atom. The van der Waals surface area contributed by atoms with Gasteiger partial charge in [-0.25, -0.2) is 0 Å². The highest BCUT2D eigenvalue weighted by Gasteiger charge is 2.04. The molecular formula is C14H16ClN3O2. The minimum Gasteiger partial charge on any atom is -0.494 e. The zero-order valence-corrected chi connectivity index (χ0v) is 11.9. The van der Waals surface area contributed by atoms with Crippen molar-refractivity contribution >= 4 is 23.2 Å². The maximum absolute atomic E-state index is 11.8. The molecule has 1 N–H and O–H groups in total. The molecule has 0 aliphatic rings. The summed E-state index contributed by atoms with van der Waals surface area (Å²) in [5.41, 5.74) is 0.747. The summed E-state index contributed by atoms with van der Waals surface area (Å²) in [7, 11) is 0. The molecule has 2 rings (SSSR count). The van der Waals surface area contributed by atoms with E-state index in [9.17, 15) is 4.79 Å². The molecule has 1 aromatic carbocycles. The zero-order valence-electron chi connectivity index (χ0n) is 11.2. The molecule has 0 atom stereocenters. The number of hydrogen-bond donors (Lipinski definition) is 1. The van der Waals surface area contributed by atoms with Crippen molar-refractivity contribution in [2.75, 3.05) is 11.9 Å². The van der Waals surface area contributed by atoms with Crippen molar-refractivity contribution in [3.05, 3.63) is 41.7 Å². The van der Waals surface area contributed by atoms with Crippen LogP contribution in [0, 0.1) is 0 Å². The Hall–Kier alpha value is -2.01. The number of aryl methyl sites for hydroxylation is 1. The molecule has 0 unspecified atom stereocenters. The number of carbonyl (C=O) groups is 1. The van der Waals surface area contributed by atoms with Crippen LogP contribution >= 0.6 is 11.6 Å². The Morgan fingerprint density at radius 1 is 1.40 bits per heavy atom. The number of aromatic nitrogens is 2. The number of amides is 1. The average Bonchev–Trinajstić information content (AvgIpc) is 2.85. The Morgan fingerprint density at radius 3 is 2.75 bits per heavy atom. The molecule has 0 aliphatic carbocycles. The molecule has 0 radical (unpaired) electrons. The van der Waals surface area contributed by atoms with Crippen LogP contribution in [0.5, 0.6) is 5.75 Å². The van der Waals surface area contributed by atoms with Crippen molar-refractivity contribution < 1.29 is 9.53 Å². The highest BCUT2D eigenvalue weighted by Crippen LogP contribution is 2.15. The van der Waals surface area contributed by atoms with Gasteiger partial charge in [0.2, 0.25) is 5.91 Å². The van der Waals surface area contributed by atoms with Crippen LogP contribution in [0.25, 0.3) is 0 Å². The van der Waals surface area contributed by atoms with Crippen LogP contribution < -0.4 is 10.1 Å². The fourth-order valence-electron chi connectivity index (χ4n) is 1.70. The quantitative estimate of drug-likeness (QED) is 0.891. The Balaban J connectivity index is 1.81. The average molecular weight is 294 g/mol. The van der Waals surface area contributed by atoms with Gasteiger partial charge in [-0.05, 0) is 31.2 Å². The highest BCUT2D eigenvalue weighted by molar-refractivity contribution is 6.30. The van der Waals surface area contributed by atoms with Gasteiger partial charge in [-0.1, -0.05) is 11.6 Å². The number of ether oxygens (including phenoxy) is 1. The maximum Gasteiger partial charge on any atom is 0.226 e. The summed E-state index contributed by atoms with van der Waals surface area (Å²) in [6.45, 7) is 3.05. The summed E-state index contributed by atoms with van der Waals surface area (Å²) < 4.78 is 6.98. The summed E-state index contributed by atoms with van der Waals surface area (Å²) >= 11 is 5.75. The zero-order chi connectivity index (χ0) is 14.4. The van der Waals surface area contributed by atoms with Crippen molar-refractivity contribution in [2.24, 2.45) is 0 Å². The molecule has 0 fully saturated rings. The van der Waals surface area contributed by atoms with E-state index in [1.54, 1.807) is 17.1 Å². The number of hydrogen-bond acceptors (Lipinski definition) is 3. The van der Waals surface area contributed by atoms with Gasteiger partial charge < -0.3 is 10.1 Å². The lowest BCUT2D eigenvalue weighted by atomic mass is 10.3. The van der Waals surface area contributed by atoms with E-state index in [0.29, 0.717) is 24.6 Å². The molecule has 1 aromatic heterocycles. The van der Waals surface area contributed by atoms with E-state index < -0.39 is 0 Å². The SMILES string of the molecule is CCOc1ccc(NC(=O)CCn2cc(Cl)cn2)cc1. The lowest BCUT2D eigenvalue weighted by Crippen LogP contribution is -2.14. The summed E-state index contributed by atoms with van der Waals surface area (Å²) in [5, 5.41) is 7.40. The van der Waals surface area contributed by atoms with E-state index in [2.05, 4.69) is 10.4 Å². The first-order valence-corrected chi connectivity index (χ1v) is 6.76. The molecule has 20 heavy (non-hydrogen) atoms. The Bertz CT molecular complexity index is 566. The van der Waals surface area contributed by atoms with Crippen LogP contribution in [0.2, 0.25) is 5.02 Å². The van der Waals surface area contributed by atoms with Crippen molar-refractivity contribution in [2.45, 2.75) is 19.9 Å². The molecule has 0 aliphatic heterocycles. The fraction of sp³-hybridized carbons (Fsp3) is 0.286. The first-order chi connectivity index (χ1) is 9.67. The van der Waals surface area contributed by atoms with Crippen LogP contribution in [-0.4, -0.2) is 22.3 Å². The third-order valence-electron chi connectivity index (χ3n) is 2.62. The number of anilines is 1. The molecule has 2 aromatic rings. The number of rotatable bonds is 6. The minimum atomic E-state index is -0.0687. The summed E-state index contributed by atoms with van der Waals surface area (Å²) in [6, 6.07) is 7.28. The molecule has 1 amide bonds. The van der Waals surface area contributed by atoms with Gasteiger partial charge in [0.25, 0.3) is 0 Å². The summed E-state index contributed by atoms with van der Waals surface area (Å²) in [4.78, 5) is 11.8. The molecule has 5 nitrogen and oxygen atoms in total. The van der Waals surface area contributed by atoms with Gasteiger partial charge in [0, 0.05) is 24.8 Å². The van der Waals surface area contributed by atoms with E-state index >= 15 is 0 Å². The topological polar surface area (TPSA) is 56.1 Å². The van der Waals surface area contributed by atoms with E-state index in [1.807, 2.05) is 31.2 Å². The van der Waals surface area contributed by atoms with Gasteiger partial charge in [0.1, 0.15) is 5.75 Å². The van der Waals surface area contributed by atoms with E-state index in [1.165, 1.54) is 0 Å². The minimum absolute atomic E-state index is 0.0687. The van der Waals surface area contributed by atoms with E-state index in [0.717, 1.165) is 11.4 Å². The second kappa shape index (κ2) is 6.96. The molecule has 0 spiro atoms. The van der Waals surface area contributed by atoms with Gasteiger partial charge in [0.15, 0.2) is 0 Å².